The van der Waals surface area contributed by atoms with Gasteiger partial charge in [-0.25, -0.2) is 0 Å². The van der Waals surface area contributed by atoms with Gasteiger partial charge in [-0.15, -0.1) is 0 Å². The number of ether oxygens (including phenoxy) is 1. The van der Waals surface area contributed by atoms with Gasteiger partial charge in [0.05, 0.1) is 0 Å². The second-order valence-electron chi connectivity index (χ2n) is 3.83. The molecule has 0 radical (unpaired) electrons. The Morgan fingerprint density at radius 2 is 1.81 bits per heavy atom. The van der Waals surface area contributed by atoms with Gasteiger partial charge in [0.2, 0.25) is 0 Å². The van der Waals surface area contributed by atoms with E-state index >= 15 is 0 Å². The zero-order valence-corrected chi connectivity index (χ0v) is 9.49. The average molecular weight is 214 g/mol. The van der Waals surface area contributed by atoms with Crippen LogP contribution in [0.15, 0.2) is 36.4 Å². The average Bonchev–Trinajstić information content (AvgIpc) is 2.30. The van der Waals surface area contributed by atoms with Crippen molar-refractivity contribution in [3.05, 3.63) is 47.5 Å². The number of benzene rings is 2. The highest BCUT2D eigenvalue weighted by Crippen LogP contribution is 2.22. The molecule has 0 atom stereocenters. The molecule has 0 fully saturated rings. The normalized spacial score (nSPS) is 10.6. The minimum atomic E-state index is 0.0266. The lowest BCUT2D eigenvalue weighted by Gasteiger charge is -2.07. The first kappa shape index (κ1) is 10.8. The van der Waals surface area contributed by atoms with Crippen LogP contribution in [0.4, 0.5) is 0 Å². The fourth-order valence-electron chi connectivity index (χ4n) is 1.90. The molecular weight excluding hydrogens is 200 g/mol. The molecular formula is C14H14O2. The lowest BCUT2D eigenvalue weighted by atomic mass is 9.98. The summed E-state index contributed by atoms with van der Waals surface area (Å²) in [5.41, 5.74) is 1.92. The van der Waals surface area contributed by atoms with E-state index in [4.69, 9.17) is 4.74 Å². The fourth-order valence-corrected chi connectivity index (χ4v) is 1.90. The van der Waals surface area contributed by atoms with Crippen molar-refractivity contribution in [3.63, 3.8) is 0 Å². The summed E-state index contributed by atoms with van der Waals surface area (Å²) in [6.45, 7) is 2.18. The van der Waals surface area contributed by atoms with Crippen LogP contribution in [-0.4, -0.2) is 19.5 Å². The van der Waals surface area contributed by atoms with Crippen molar-refractivity contribution < 1.29 is 9.53 Å². The van der Waals surface area contributed by atoms with Crippen LogP contribution in [-0.2, 0) is 4.74 Å². The Labute approximate surface area is 94.8 Å². The first-order chi connectivity index (χ1) is 7.74. The van der Waals surface area contributed by atoms with Crippen molar-refractivity contribution in [2.75, 3.05) is 13.7 Å². The first-order valence-corrected chi connectivity index (χ1v) is 5.24. The molecule has 0 unspecified atom stereocenters. The number of hydrogen-bond donors (Lipinski definition) is 0. The monoisotopic (exact) mass is 214 g/mol. The Bertz CT molecular complexity index is 529. The van der Waals surface area contributed by atoms with Crippen LogP contribution < -0.4 is 0 Å². The molecule has 0 aliphatic carbocycles. The molecule has 0 spiro atoms. The molecule has 82 valence electrons. The first-order valence-electron chi connectivity index (χ1n) is 5.24. The molecule has 0 saturated heterocycles. The fraction of sp³-hybridized carbons (Fsp3) is 0.214. The van der Waals surface area contributed by atoms with Crippen LogP contribution in [0.1, 0.15) is 15.9 Å². The molecule has 0 aliphatic rings. The third kappa shape index (κ3) is 1.84. The molecule has 2 aromatic rings. The van der Waals surface area contributed by atoms with Gasteiger partial charge in [-0.3, -0.25) is 4.79 Å². The molecule has 0 aliphatic heterocycles. The predicted octanol–water partition coefficient (Wildman–Crippen LogP) is 2.98. The van der Waals surface area contributed by atoms with E-state index in [1.54, 1.807) is 0 Å². The lowest BCUT2D eigenvalue weighted by molar-refractivity contribution is 0.0850. The van der Waals surface area contributed by atoms with E-state index in [1.807, 2.05) is 43.3 Å². The van der Waals surface area contributed by atoms with Crippen LogP contribution in [0.2, 0.25) is 0 Å². The van der Waals surface area contributed by atoms with Gasteiger partial charge in [-0.05, 0) is 23.3 Å². The summed E-state index contributed by atoms with van der Waals surface area (Å²) in [6.07, 6.45) is 0. The number of ketones is 1. The van der Waals surface area contributed by atoms with Gasteiger partial charge in [-0.1, -0.05) is 36.4 Å². The van der Waals surface area contributed by atoms with E-state index in [0.29, 0.717) is 0 Å². The van der Waals surface area contributed by atoms with Crippen molar-refractivity contribution in [2.45, 2.75) is 6.92 Å². The molecule has 0 saturated carbocycles. The van der Waals surface area contributed by atoms with E-state index in [0.717, 1.165) is 16.3 Å². The summed E-state index contributed by atoms with van der Waals surface area (Å²) in [5, 5.41) is 2.13. The van der Waals surface area contributed by atoms with E-state index in [-0.39, 0.29) is 12.4 Å². The quantitative estimate of drug-likeness (QED) is 0.734. The van der Waals surface area contributed by atoms with Crippen molar-refractivity contribution in [2.24, 2.45) is 0 Å². The van der Waals surface area contributed by atoms with Gasteiger partial charge in [0.25, 0.3) is 0 Å². The number of Topliss-reactive ketones (excluding diaryl/α,β-unsaturated/α-hetero) is 1. The summed E-state index contributed by atoms with van der Waals surface area (Å²) in [5.74, 6) is 0.0266. The number of fused-ring (bicyclic) bond motifs is 1. The van der Waals surface area contributed by atoms with Crippen LogP contribution in [0.3, 0.4) is 0 Å². The second kappa shape index (κ2) is 4.45. The Morgan fingerprint density at radius 3 is 2.50 bits per heavy atom. The largest absolute Gasteiger partial charge is 0.377 e. The maximum atomic E-state index is 11.8. The van der Waals surface area contributed by atoms with Gasteiger partial charge < -0.3 is 4.74 Å². The third-order valence-electron chi connectivity index (χ3n) is 2.72. The van der Waals surface area contributed by atoms with Crippen LogP contribution >= 0.6 is 0 Å². The zero-order chi connectivity index (χ0) is 11.5. The Morgan fingerprint density at radius 1 is 1.12 bits per heavy atom. The van der Waals surface area contributed by atoms with Gasteiger partial charge in [0, 0.05) is 12.7 Å². The number of hydrogen-bond acceptors (Lipinski definition) is 2. The third-order valence-corrected chi connectivity index (χ3v) is 2.72. The minimum absolute atomic E-state index is 0.0266. The van der Waals surface area contributed by atoms with Gasteiger partial charge in [-0.2, -0.15) is 0 Å². The summed E-state index contributed by atoms with van der Waals surface area (Å²) in [4.78, 5) is 11.8. The van der Waals surface area contributed by atoms with E-state index < -0.39 is 0 Å². The van der Waals surface area contributed by atoms with Crippen molar-refractivity contribution in [1.29, 1.82) is 0 Å². The van der Waals surface area contributed by atoms with Crippen LogP contribution in [0, 0.1) is 6.92 Å². The highest BCUT2D eigenvalue weighted by molar-refractivity contribution is 6.09. The Kier molecular flexibility index (Phi) is 3.02. The Balaban J connectivity index is 2.63. The molecule has 0 amide bonds. The molecule has 2 rings (SSSR count). The van der Waals surface area contributed by atoms with Gasteiger partial charge in [0.1, 0.15) is 6.61 Å². The highest BCUT2D eigenvalue weighted by atomic mass is 16.5. The molecule has 2 aromatic carbocycles. The molecule has 16 heavy (non-hydrogen) atoms. The number of carbonyl (C=O) groups is 1. The number of methoxy groups -OCH3 is 1. The number of rotatable bonds is 3. The Hall–Kier alpha value is -1.67. The molecule has 0 aromatic heterocycles. The standard InChI is InChI=1S/C14H14O2/c1-10-7-8-13(14(15)9-16-2)12-6-4-3-5-11(10)12/h3-8H,9H2,1-2H3. The number of carbonyl (C=O) groups excluding carboxylic acids is 1. The minimum Gasteiger partial charge on any atom is -0.377 e. The van der Waals surface area contributed by atoms with Crippen LogP contribution in [0.5, 0.6) is 0 Å². The van der Waals surface area contributed by atoms with Crippen molar-refractivity contribution in [1.82, 2.24) is 0 Å². The summed E-state index contributed by atoms with van der Waals surface area (Å²) < 4.78 is 4.89. The maximum Gasteiger partial charge on any atom is 0.189 e. The molecule has 2 heteroatoms. The van der Waals surface area contributed by atoms with E-state index in [9.17, 15) is 4.79 Å². The predicted molar refractivity (Wildman–Crippen MR) is 64.9 cm³/mol. The smallest absolute Gasteiger partial charge is 0.189 e. The van der Waals surface area contributed by atoms with Gasteiger partial charge >= 0.3 is 0 Å². The van der Waals surface area contributed by atoms with Crippen molar-refractivity contribution in [3.8, 4) is 0 Å². The molecule has 0 bridgehead atoms. The second-order valence-corrected chi connectivity index (χ2v) is 3.83. The van der Waals surface area contributed by atoms with E-state index in [2.05, 4.69) is 0 Å². The van der Waals surface area contributed by atoms with Crippen molar-refractivity contribution >= 4 is 16.6 Å². The zero-order valence-electron chi connectivity index (χ0n) is 9.49. The summed E-state index contributed by atoms with van der Waals surface area (Å²) in [6, 6.07) is 11.8. The summed E-state index contributed by atoms with van der Waals surface area (Å²) in [7, 11) is 1.54. The molecule has 0 N–H and O–H groups in total. The molecule has 0 heterocycles. The summed E-state index contributed by atoms with van der Waals surface area (Å²) >= 11 is 0. The van der Waals surface area contributed by atoms with E-state index in [1.165, 1.54) is 12.7 Å². The topological polar surface area (TPSA) is 26.3 Å². The van der Waals surface area contributed by atoms with Crippen LogP contribution in [0.25, 0.3) is 10.8 Å². The highest BCUT2D eigenvalue weighted by Gasteiger charge is 2.10. The number of aryl methyl sites for hydroxylation is 1. The maximum absolute atomic E-state index is 11.8. The van der Waals surface area contributed by atoms with Gasteiger partial charge in [0.15, 0.2) is 5.78 Å². The molecule has 2 nitrogen and oxygen atoms in total. The lowest BCUT2D eigenvalue weighted by Crippen LogP contribution is -2.07. The SMILES string of the molecule is COCC(=O)c1ccc(C)c2ccccc12.